The number of carbonyl (C=O) groups is 1. The van der Waals surface area contributed by atoms with Gasteiger partial charge in [0.05, 0.1) is 11.9 Å². The Morgan fingerprint density at radius 3 is 2.53 bits per heavy atom. The van der Waals surface area contributed by atoms with Gasteiger partial charge in [0, 0.05) is 5.56 Å². The standard InChI is InChI=1S/C27H26N4O/c1-27(2,3)20-12-7-17(8-13-20)16-28-31-26(32)24-15-23(29-30-24)21-14-11-19-10-9-18-5-4-6-22(21)25(18)19/h4-8,11-16H,9-10H2,1-3H3,(H,29,30)(H,31,32)/b28-16-. The highest BCUT2D eigenvalue weighted by Gasteiger charge is 2.18. The summed E-state index contributed by atoms with van der Waals surface area (Å²) in [6.45, 7) is 6.54. The number of nitrogens with zero attached hydrogens (tertiary/aromatic N) is 2. The summed E-state index contributed by atoms with van der Waals surface area (Å²) in [5, 5.41) is 13.9. The third kappa shape index (κ3) is 3.71. The second-order valence-electron chi connectivity index (χ2n) is 9.35. The minimum atomic E-state index is -0.322. The molecule has 0 radical (unpaired) electrons. The Morgan fingerprint density at radius 2 is 1.78 bits per heavy atom. The molecule has 0 aliphatic heterocycles. The molecular weight excluding hydrogens is 396 g/mol. The van der Waals surface area contributed by atoms with Gasteiger partial charge in [-0.2, -0.15) is 10.2 Å². The van der Waals surface area contributed by atoms with Crippen LogP contribution in [0.5, 0.6) is 0 Å². The van der Waals surface area contributed by atoms with Gasteiger partial charge >= 0.3 is 0 Å². The number of aromatic amines is 1. The largest absolute Gasteiger partial charge is 0.289 e. The van der Waals surface area contributed by atoms with E-state index in [0.717, 1.165) is 29.7 Å². The molecule has 1 aliphatic rings. The van der Waals surface area contributed by atoms with E-state index >= 15 is 0 Å². The summed E-state index contributed by atoms with van der Waals surface area (Å²) < 4.78 is 0. The first-order chi connectivity index (χ1) is 15.4. The van der Waals surface area contributed by atoms with Crippen molar-refractivity contribution >= 4 is 22.9 Å². The highest BCUT2D eigenvalue weighted by Crippen LogP contribution is 2.36. The topological polar surface area (TPSA) is 70.1 Å². The Balaban J connectivity index is 1.32. The Morgan fingerprint density at radius 1 is 1.03 bits per heavy atom. The van der Waals surface area contributed by atoms with Crippen LogP contribution in [0, 0.1) is 0 Å². The first-order valence-corrected chi connectivity index (χ1v) is 10.9. The monoisotopic (exact) mass is 422 g/mol. The fourth-order valence-electron chi connectivity index (χ4n) is 4.34. The zero-order valence-corrected chi connectivity index (χ0v) is 18.6. The summed E-state index contributed by atoms with van der Waals surface area (Å²) in [5.74, 6) is -0.322. The molecule has 1 amide bonds. The van der Waals surface area contributed by atoms with Crippen LogP contribution in [-0.4, -0.2) is 22.3 Å². The molecule has 4 aromatic rings. The molecule has 1 aliphatic carbocycles. The van der Waals surface area contributed by atoms with E-state index in [4.69, 9.17) is 0 Å². The Bertz CT molecular complexity index is 1330. The zero-order valence-electron chi connectivity index (χ0n) is 18.6. The molecule has 1 aromatic heterocycles. The van der Waals surface area contributed by atoms with Crippen LogP contribution in [-0.2, 0) is 18.3 Å². The summed E-state index contributed by atoms with van der Waals surface area (Å²) in [6, 6.07) is 20.7. The maximum Gasteiger partial charge on any atom is 0.289 e. The van der Waals surface area contributed by atoms with Crippen molar-refractivity contribution < 1.29 is 4.79 Å². The van der Waals surface area contributed by atoms with Crippen molar-refractivity contribution in [2.45, 2.75) is 39.0 Å². The van der Waals surface area contributed by atoms with E-state index in [0.29, 0.717) is 5.69 Å². The summed E-state index contributed by atoms with van der Waals surface area (Å²) in [4.78, 5) is 12.6. The highest BCUT2D eigenvalue weighted by atomic mass is 16.2. The predicted octanol–water partition coefficient (Wildman–Crippen LogP) is 5.39. The van der Waals surface area contributed by atoms with Gasteiger partial charge in [0.15, 0.2) is 0 Å². The third-order valence-electron chi connectivity index (χ3n) is 6.13. The molecule has 3 aromatic carbocycles. The van der Waals surface area contributed by atoms with Crippen LogP contribution in [0.15, 0.2) is 65.8 Å². The van der Waals surface area contributed by atoms with E-state index in [1.807, 2.05) is 12.1 Å². The van der Waals surface area contributed by atoms with E-state index in [9.17, 15) is 4.79 Å². The van der Waals surface area contributed by atoms with Crippen LogP contribution in [0.25, 0.3) is 22.0 Å². The first kappa shape index (κ1) is 20.2. The SMILES string of the molecule is CC(C)(C)c1ccc(/C=N\NC(=O)c2cc(-c3ccc4c5c(cccc35)CC4)n[nH]2)cc1. The molecule has 5 rings (SSSR count). The molecule has 1 heterocycles. The summed E-state index contributed by atoms with van der Waals surface area (Å²) >= 11 is 0. The van der Waals surface area contributed by atoms with Crippen LogP contribution in [0.1, 0.15) is 53.5 Å². The maximum atomic E-state index is 12.6. The van der Waals surface area contributed by atoms with Crippen molar-refractivity contribution in [1.29, 1.82) is 0 Å². The van der Waals surface area contributed by atoms with E-state index in [2.05, 4.69) is 84.0 Å². The molecule has 2 N–H and O–H groups in total. The van der Waals surface area contributed by atoms with Crippen LogP contribution >= 0.6 is 0 Å². The number of hydrazone groups is 1. The number of nitrogens with one attached hydrogen (secondary N) is 2. The van der Waals surface area contributed by atoms with Crippen molar-refractivity contribution in [3.8, 4) is 11.3 Å². The van der Waals surface area contributed by atoms with Gasteiger partial charge in [-0.3, -0.25) is 9.89 Å². The van der Waals surface area contributed by atoms with Gasteiger partial charge in [-0.1, -0.05) is 75.4 Å². The number of aromatic nitrogens is 2. The normalized spacial score (nSPS) is 13.2. The minimum absolute atomic E-state index is 0.104. The fraction of sp³-hybridized carbons (Fsp3) is 0.222. The highest BCUT2D eigenvalue weighted by molar-refractivity contribution is 6.02. The lowest BCUT2D eigenvalue weighted by Crippen LogP contribution is -2.18. The van der Waals surface area contributed by atoms with Gasteiger partial charge in [-0.25, -0.2) is 5.43 Å². The van der Waals surface area contributed by atoms with Crippen molar-refractivity contribution in [1.82, 2.24) is 15.6 Å². The third-order valence-corrected chi connectivity index (χ3v) is 6.13. The minimum Gasteiger partial charge on any atom is -0.272 e. The molecule has 0 fully saturated rings. The van der Waals surface area contributed by atoms with Crippen LogP contribution in [0.4, 0.5) is 0 Å². The second kappa shape index (κ2) is 7.75. The maximum absolute atomic E-state index is 12.6. The second-order valence-corrected chi connectivity index (χ2v) is 9.35. The van der Waals surface area contributed by atoms with Gasteiger partial charge in [-0.15, -0.1) is 0 Å². The summed E-state index contributed by atoms with van der Waals surface area (Å²) in [6.07, 6.45) is 3.81. The van der Waals surface area contributed by atoms with Crippen LogP contribution in [0.2, 0.25) is 0 Å². The quantitative estimate of drug-likeness (QED) is 0.342. The Kier molecular flexibility index (Phi) is 4.89. The molecule has 160 valence electrons. The lowest BCUT2D eigenvalue weighted by molar-refractivity contribution is 0.0950. The molecular formula is C27H26N4O. The lowest BCUT2D eigenvalue weighted by Gasteiger charge is -2.18. The van der Waals surface area contributed by atoms with Crippen LogP contribution < -0.4 is 5.43 Å². The molecule has 5 nitrogen and oxygen atoms in total. The number of rotatable bonds is 4. The first-order valence-electron chi connectivity index (χ1n) is 10.9. The number of benzene rings is 3. The van der Waals surface area contributed by atoms with E-state index < -0.39 is 0 Å². The van der Waals surface area contributed by atoms with E-state index in [1.54, 1.807) is 12.3 Å². The Hall–Kier alpha value is -3.73. The number of H-pyrrole nitrogens is 1. The predicted molar refractivity (Wildman–Crippen MR) is 129 cm³/mol. The number of amides is 1. The van der Waals surface area contributed by atoms with E-state index in [-0.39, 0.29) is 11.3 Å². The van der Waals surface area contributed by atoms with Gasteiger partial charge in [-0.05, 0) is 57.3 Å². The zero-order chi connectivity index (χ0) is 22.3. The molecule has 32 heavy (non-hydrogen) atoms. The number of hydrogen-bond acceptors (Lipinski definition) is 3. The van der Waals surface area contributed by atoms with Gasteiger partial charge in [0.25, 0.3) is 5.91 Å². The number of carbonyl (C=O) groups excluding carboxylic acids is 1. The van der Waals surface area contributed by atoms with Crippen molar-refractivity contribution in [3.05, 3.63) is 88.6 Å². The molecule has 0 unspecified atom stereocenters. The van der Waals surface area contributed by atoms with Crippen LogP contribution in [0.3, 0.4) is 0 Å². The fourth-order valence-corrected chi connectivity index (χ4v) is 4.34. The van der Waals surface area contributed by atoms with Gasteiger partial charge in [0.2, 0.25) is 0 Å². The lowest BCUT2D eigenvalue weighted by atomic mass is 9.87. The Labute approximate surface area is 187 Å². The summed E-state index contributed by atoms with van der Waals surface area (Å²) in [7, 11) is 0. The van der Waals surface area contributed by atoms with E-state index in [1.165, 1.54) is 27.5 Å². The number of aryl methyl sites for hydroxylation is 2. The molecule has 0 bridgehead atoms. The van der Waals surface area contributed by atoms with Crippen molar-refractivity contribution in [2.24, 2.45) is 5.10 Å². The smallest absolute Gasteiger partial charge is 0.272 e. The molecule has 0 saturated carbocycles. The molecule has 0 atom stereocenters. The molecule has 5 heteroatoms. The molecule has 0 saturated heterocycles. The molecule has 0 spiro atoms. The van der Waals surface area contributed by atoms with Gasteiger partial charge in [0.1, 0.15) is 5.69 Å². The summed E-state index contributed by atoms with van der Waals surface area (Å²) in [5.41, 5.74) is 9.81. The van der Waals surface area contributed by atoms with Gasteiger partial charge < -0.3 is 0 Å². The average molecular weight is 423 g/mol. The van der Waals surface area contributed by atoms with Crippen molar-refractivity contribution in [3.63, 3.8) is 0 Å². The van der Waals surface area contributed by atoms with Crippen molar-refractivity contribution in [2.75, 3.05) is 0 Å². The average Bonchev–Trinajstić information content (AvgIpc) is 3.43. The number of hydrogen-bond donors (Lipinski definition) is 2.